The molecule has 3 amide bonds. The van der Waals surface area contributed by atoms with Crippen molar-refractivity contribution in [2.45, 2.75) is 25.9 Å². The van der Waals surface area contributed by atoms with Gasteiger partial charge in [0.2, 0.25) is 5.91 Å². The van der Waals surface area contributed by atoms with Gasteiger partial charge in [-0.05, 0) is 67.1 Å². The molecule has 246 valence electrons. The number of carbonyl (C=O) groups is 2. The molecule has 0 aliphatic carbocycles. The fourth-order valence-electron chi connectivity index (χ4n) is 4.19. The zero-order valence-electron chi connectivity index (χ0n) is 23.9. The van der Waals surface area contributed by atoms with E-state index in [0.717, 1.165) is 28.8 Å². The highest BCUT2D eigenvalue weighted by molar-refractivity contribution is 8.15. The summed E-state index contributed by atoms with van der Waals surface area (Å²) in [7, 11) is 0. The number of amidine groups is 1. The zero-order valence-corrected chi connectivity index (χ0v) is 25.5. The molecule has 5 rings (SSSR count). The fourth-order valence-corrected chi connectivity index (χ4v) is 5.27. The number of nitrogens with zero attached hydrogens (tertiary/aromatic N) is 5. The summed E-state index contributed by atoms with van der Waals surface area (Å²) in [4.78, 5) is 34.9. The van der Waals surface area contributed by atoms with Gasteiger partial charge in [0.25, 0.3) is 0 Å². The van der Waals surface area contributed by atoms with Crippen LogP contribution >= 0.6 is 23.4 Å². The highest BCUT2D eigenvalue weighted by atomic mass is 35.5. The number of urea groups is 1. The van der Waals surface area contributed by atoms with E-state index in [1.165, 1.54) is 41.3 Å². The Labute approximate surface area is 271 Å². The van der Waals surface area contributed by atoms with Crippen LogP contribution in [0.1, 0.15) is 12.0 Å². The molecule has 1 saturated heterocycles. The second kappa shape index (κ2) is 13.5. The van der Waals surface area contributed by atoms with Gasteiger partial charge in [-0.3, -0.25) is 9.69 Å². The van der Waals surface area contributed by atoms with E-state index in [1.807, 2.05) is 0 Å². The molecule has 2 heterocycles. The van der Waals surface area contributed by atoms with Crippen molar-refractivity contribution in [1.29, 1.82) is 0 Å². The second-order valence-electron chi connectivity index (χ2n) is 9.78. The number of nitrogens with one attached hydrogen (secondary N) is 1. The number of aryl methyl sites for hydroxylation is 1. The number of hydrogen-bond donors (Lipinski definition) is 1. The maximum absolute atomic E-state index is 12.9. The first-order valence-electron chi connectivity index (χ1n) is 13.4. The van der Waals surface area contributed by atoms with E-state index in [1.54, 1.807) is 25.1 Å². The Morgan fingerprint density at radius 2 is 1.81 bits per heavy atom. The van der Waals surface area contributed by atoms with Crippen LogP contribution in [-0.4, -0.2) is 56.8 Å². The largest absolute Gasteiger partial charge is 0.573 e. The number of aromatic nitrogens is 3. The summed E-state index contributed by atoms with van der Waals surface area (Å²) in [5.74, 6) is -0.680. The first-order chi connectivity index (χ1) is 22.1. The molecule has 4 aromatic rings. The van der Waals surface area contributed by atoms with Gasteiger partial charge in [-0.15, -0.1) is 18.3 Å². The highest BCUT2D eigenvalue weighted by Gasteiger charge is 2.34. The molecule has 1 aliphatic heterocycles. The lowest BCUT2D eigenvalue weighted by atomic mass is 10.2. The number of thioether (sulfide) groups is 1. The van der Waals surface area contributed by atoms with Gasteiger partial charge in [0.15, 0.2) is 11.0 Å². The Morgan fingerprint density at radius 1 is 1.06 bits per heavy atom. The maximum Gasteiger partial charge on any atom is 0.573 e. The van der Waals surface area contributed by atoms with E-state index in [0.29, 0.717) is 16.8 Å². The number of rotatable bonds is 8. The minimum Gasteiger partial charge on any atom is -0.491 e. The molecule has 0 radical (unpaired) electrons. The Hall–Kier alpha value is -4.77. The van der Waals surface area contributed by atoms with Crippen molar-refractivity contribution in [2.75, 3.05) is 22.6 Å². The van der Waals surface area contributed by atoms with Crippen LogP contribution < -0.4 is 19.7 Å². The van der Waals surface area contributed by atoms with Gasteiger partial charge in [0.1, 0.15) is 17.8 Å². The third-order valence-electron chi connectivity index (χ3n) is 6.26. The summed E-state index contributed by atoms with van der Waals surface area (Å²) in [5.41, 5.74) is 1.87. The van der Waals surface area contributed by atoms with Gasteiger partial charge in [-0.1, -0.05) is 29.4 Å². The Morgan fingerprint density at radius 3 is 2.49 bits per heavy atom. The zero-order chi connectivity index (χ0) is 33.9. The monoisotopic (exact) mass is 698 g/mol. The van der Waals surface area contributed by atoms with Crippen molar-refractivity contribution < 1.29 is 45.4 Å². The standard InChI is InChI=1S/C29H21ClF6N6O4S/c1-16-2-9-23(45-11-10-28(31,32)33)22(12-16)42-24(43)14-47-27(42)39-26(44)38-21-8-5-18(13-20(21)30)41-15-37-25(40-41)17-3-6-19(7-4-17)46-29(34,35)36/h2-9,12-13,15H,10-11,14H2,1H3,(H,38,44)/b39-27-. The number of benzene rings is 3. The molecule has 0 spiro atoms. The first kappa shape index (κ1) is 33.6. The van der Waals surface area contributed by atoms with Crippen LogP contribution in [0, 0.1) is 6.92 Å². The van der Waals surface area contributed by atoms with Crippen LogP contribution in [0.4, 0.5) is 42.5 Å². The average molecular weight is 699 g/mol. The number of hydrogen-bond acceptors (Lipinski definition) is 7. The number of ether oxygens (including phenoxy) is 2. The average Bonchev–Trinajstić information content (AvgIpc) is 3.61. The molecule has 3 aromatic carbocycles. The molecule has 18 heteroatoms. The van der Waals surface area contributed by atoms with Crippen LogP contribution in [0.15, 0.2) is 72.0 Å². The van der Waals surface area contributed by atoms with Crippen LogP contribution in [-0.2, 0) is 4.79 Å². The normalized spacial score (nSPS) is 14.5. The van der Waals surface area contributed by atoms with Gasteiger partial charge in [0.05, 0.1) is 40.9 Å². The minimum atomic E-state index is -4.82. The maximum atomic E-state index is 12.9. The van der Waals surface area contributed by atoms with Gasteiger partial charge >= 0.3 is 18.6 Å². The summed E-state index contributed by atoms with van der Waals surface area (Å²) in [6.07, 6.45) is -9.08. The molecular weight excluding hydrogens is 678 g/mol. The van der Waals surface area contributed by atoms with Crippen molar-refractivity contribution in [3.63, 3.8) is 0 Å². The molecule has 0 bridgehead atoms. The Kier molecular flexibility index (Phi) is 9.67. The summed E-state index contributed by atoms with van der Waals surface area (Å²) in [5, 5.41) is 6.92. The smallest absolute Gasteiger partial charge is 0.491 e. The number of aliphatic imine (C=N–C) groups is 1. The van der Waals surface area contributed by atoms with E-state index in [-0.39, 0.29) is 38.9 Å². The summed E-state index contributed by atoms with van der Waals surface area (Å²) in [6, 6.07) is 13.2. The quantitative estimate of drug-likeness (QED) is 0.187. The number of carbonyl (C=O) groups excluding carboxylic acids is 2. The second-order valence-corrected chi connectivity index (χ2v) is 11.1. The van der Waals surface area contributed by atoms with Crippen molar-refractivity contribution in [3.8, 4) is 28.6 Å². The van der Waals surface area contributed by atoms with Crippen molar-refractivity contribution in [1.82, 2.24) is 14.8 Å². The molecule has 0 unspecified atom stereocenters. The van der Waals surface area contributed by atoms with E-state index >= 15 is 0 Å². The predicted octanol–water partition coefficient (Wildman–Crippen LogP) is 7.79. The van der Waals surface area contributed by atoms with Crippen molar-refractivity contribution in [2.24, 2.45) is 4.99 Å². The third kappa shape index (κ3) is 8.74. The first-order valence-corrected chi connectivity index (χ1v) is 14.7. The lowest BCUT2D eigenvalue weighted by Crippen LogP contribution is -2.31. The van der Waals surface area contributed by atoms with E-state index in [9.17, 15) is 35.9 Å². The van der Waals surface area contributed by atoms with Crippen molar-refractivity contribution >= 4 is 51.8 Å². The van der Waals surface area contributed by atoms with Crippen LogP contribution in [0.2, 0.25) is 5.02 Å². The van der Waals surface area contributed by atoms with Gasteiger partial charge in [-0.2, -0.15) is 18.2 Å². The van der Waals surface area contributed by atoms with Gasteiger partial charge in [-0.25, -0.2) is 14.5 Å². The minimum absolute atomic E-state index is 0.0142. The van der Waals surface area contributed by atoms with Crippen LogP contribution in [0.25, 0.3) is 17.1 Å². The summed E-state index contributed by atoms with van der Waals surface area (Å²) >= 11 is 7.37. The third-order valence-corrected chi connectivity index (χ3v) is 7.49. The molecule has 1 fully saturated rings. The molecule has 10 nitrogen and oxygen atoms in total. The predicted molar refractivity (Wildman–Crippen MR) is 162 cm³/mol. The molecule has 0 atom stereocenters. The SMILES string of the molecule is Cc1ccc(OCCC(F)(F)F)c(N2C(=O)CS/C2=N\C(=O)Nc2ccc(-n3cnc(-c4ccc(OC(F)(F)F)cc4)n3)cc2Cl)c1. The fraction of sp³-hybridized carbons (Fsp3) is 0.207. The molecule has 0 saturated carbocycles. The van der Waals surface area contributed by atoms with E-state index < -0.39 is 43.3 Å². The number of anilines is 2. The van der Waals surface area contributed by atoms with E-state index in [4.69, 9.17) is 16.3 Å². The molecule has 1 aliphatic rings. The Bertz CT molecular complexity index is 1830. The van der Waals surface area contributed by atoms with Gasteiger partial charge < -0.3 is 14.8 Å². The highest BCUT2D eigenvalue weighted by Crippen LogP contribution is 2.36. The Balaban J connectivity index is 1.29. The lowest BCUT2D eigenvalue weighted by molar-refractivity contribution is -0.274. The van der Waals surface area contributed by atoms with Gasteiger partial charge in [0, 0.05) is 5.56 Å². The summed E-state index contributed by atoms with van der Waals surface area (Å²) in [6.45, 7) is 1.06. The number of amides is 3. The molecule has 47 heavy (non-hydrogen) atoms. The molecule has 1 N–H and O–H groups in total. The van der Waals surface area contributed by atoms with Crippen LogP contribution in [0.3, 0.4) is 0 Å². The molecule has 1 aromatic heterocycles. The van der Waals surface area contributed by atoms with E-state index in [2.05, 4.69) is 25.1 Å². The summed E-state index contributed by atoms with van der Waals surface area (Å²) < 4.78 is 85.8. The number of halogens is 7. The molecular formula is C29H21ClF6N6O4S. The van der Waals surface area contributed by atoms with Crippen LogP contribution in [0.5, 0.6) is 11.5 Å². The topological polar surface area (TPSA) is 111 Å². The number of alkyl halides is 6. The lowest BCUT2D eigenvalue weighted by Gasteiger charge is -2.21. The van der Waals surface area contributed by atoms with Crippen molar-refractivity contribution in [3.05, 3.63) is 77.6 Å².